The summed E-state index contributed by atoms with van der Waals surface area (Å²) >= 11 is 4.37. The normalized spacial score (nSPS) is 10.4. The van der Waals surface area contributed by atoms with Gasteiger partial charge in [-0.05, 0) is 25.1 Å². The Morgan fingerprint density at radius 3 is 2.18 bits per heavy atom. The van der Waals surface area contributed by atoms with Gasteiger partial charge in [0.05, 0.1) is 5.16 Å². The van der Waals surface area contributed by atoms with Gasteiger partial charge in [0.15, 0.2) is 5.54 Å². The molecule has 0 aromatic heterocycles. The van der Waals surface area contributed by atoms with Gasteiger partial charge in [-0.25, -0.2) is 9.79 Å². The highest BCUT2D eigenvalue weighted by Crippen LogP contribution is 2.19. The molecule has 3 nitrogen and oxygen atoms in total. The van der Waals surface area contributed by atoms with Crippen LogP contribution in [0.3, 0.4) is 0 Å². The molecule has 0 aliphatic carbocycles. The highest BCUT2D eigenvalue weighted by molar-refractivity contribution is 7.78. The third-order valence-corrected chi connectivity index (χ3v) is 1.92. The van der Waals surface area contributed by atoms with Gasteiger partial charge in [-0.1, -0.05) is 13.8 Å². The summed E-state index contributed by atoms with van der Waals surface area (Å²) in [7, 11) is 0. The molecule has 4 heteroatoms. The minimum atomic E-state index is -1.04. The zero-order valence-electron chi connectivity index (χ0n) is 6.63. The van der Waals surface area contributed by atoms with Crippen LogP contribution in [0, 0.1) is 0 Å². The number of rotatable bonds is 4. The van der Waals surface area contributed by atoms with Crippen molar-refractivity contribution in [3.63, 3.8) is 0 Å². The van der Waals surface area contributed by atoms with Gasteiger partial charge in [-0.15, -0.1) is 0 Å². The lowest BCUT2D eigenvalue weighted by Crippen LogP contribution is -2.34. The van der Waals surface area contributed by atoms with Gasteiger partial charge < -0.3 is 5.11 Å². The Morgan fingerprint density at radius 1 is 1.64 bits per heavy atom. The maximum Gasteiger partial charge on any atom is 0.332 e. The van der Waals surface area contributed by atoms with Crippen molar-refractivity contribution in [2.24, 2.45) is 4.99 Å². The standard InChI is InChI=1S/C7H11NO2S/c1-3-7(4-2,6(9)10)8-5-11/h3-4H2,1-2H3,(H,9,10). The van der Waals surface area contributed by atoms with Gasteiger partial charge >= 0.3 is 5.97 Å². The molecule has 0 atom stereocenters. The highest BCUT2D eigenvalue weighted by Gasteiger charge is 2.33. The zero-order chi connectivity index (χ0) is 8.91. The smallest absolute Gasteiger partial charge is 0.332 e. The van der Waals surface area contributed by atoms with Gasteiger partial charge in [0.2, 0.25) is 0 Å². The summed E-state index contributed by atoms with van der Waals surface area (Å²) in [5.41, 5.74) is -1.04. The first-order valence-electron chi connectivity index (χ1n) is 3.45. The Balaban J connectivity index is 4.74. The van der Waals surface area contributed by atoms with E-state index < -0.39 is 11.5 Å². The molecule has 0 aromatic carbocycles. The molecule has 0 heterocycles. The number of carboxylic acid groups (broad SMARTS) is 1. The first kappa shape index (κ1) is 10.3. The quantitative estimate of drug-likeness (QED) is 0.520. The van der Waals surface area contributed by atoms with E-state index in [0.717, 1.165) is 0 Å². The average Bonchev–Trinajstić information content (AvgIpc) is 2.00. The average molecular weight is 173 g/mol. The number of carbonyl (C=O) groups is 1. The fraction of sp³-hybridized carbons (Fsp3) is 0.714. The van der Waals surface area contributed by atoms with E-state index in [0.29, 0.717) is 12.8 Å². The number of isothiocyanates is 1. The third-order valence-electron chi connectivity index (χ3n) is 1.83. The zero-order valence-corrected chi connectivity index (χ0v) is 7.44. The lowest BCUT2D eigenvalue weighted by atomic mass is 9.94. The van der Waals surface area contributed by atoms with Crippen molar-refractivity contribution in [2.45, 2.75) is 32.2 Å². The van der Waals surface area contributed by atoms with Crippen LogP contribution in [0.4, 0.5) is 0 Å². The van der Waals surface area contributed by atoms with Crippen LogP contribution >= 0.6 is 12.2 Å². The Kier molecular flexibility index (Phi) is 3.93. The van der Waals surface area contributed by atoms with Gasteiger partial charge in [0.25, 0.3) is 0 Å². The minimum absolute atomic E-state index is 0.447. The summed E-state index contributed by atoms with van der Waals surface area (Å²) in [4.78, 5) is 14.4. The molecule has 0 rings (SSSR count). The van der Waals surface area contributed by atoms with Crippen molar-refractivity contribution in [1.29, 1.82) is 0 Å². The first-order chi connectivity index (χ1) is 5.13. The molecule has 0 aliphatic heterocycles. The number of aliphatic carboxylic acids is 1. The van der Waals surface area contributed by atoms with Crippen LogP contribution in [0.5, 0.6) is 0 Å². The molecule has 0 fully saturated rings. The summed E-state index contributed by atoms with van der Waals surface area (Å²) in [6, 6.07) is 0. The van der Waals surface area contributed by atoms with Crippen molar-refractivity contribution in [1.82, 2.24) is 0 Å². The number of carboxylic acids is 1. The van der Waals surface area contributed by atoms with E-state index in [1.165, 1.54) is 0 Å². The van der Waals surface area contributed by atoms with Gasteiger partial charge in [-0.2, -0.15) is 0 Å². The van der Waals surface area contributed by atoms with E-state index in [2.05, 4.69) is 22.4 Å². The van der Waals surface area contributed by atoms with Crippen LogP contribution in [-0.2, 0) is 4.79 Å². The van der Waals surface area contributed by atoms with Gasteiger partial charge in [0.1, 0.15) is 0 Å². The van der Waals surface area contributed by atoms with Crippen molar-refractivity contribution >= 4 is 23.3 Å². The van der Waals surface area contributed by atoms with Crippen LogP contribution in [0.2, 0.25) is 0 Å². The summed E-state index contributed by atoms with van der Waals surface area (Å²) in [5, 5.41) is 10.9. The number of hydrogen-bond donors (Lipinski definition) is 1. The van der Waals surface area contributed by atoms with Crippen molar-refractivity contribution in [3.05, 3.63) is 0 Å². The maximum absolute atomic E-state index is 10.7. The number of thiocarbonyl (C=S) groups is 1. The third kappa shape index (κ3) is 2.10. The van der Waals surface area contributed by atoms with Gasteiger partial charge in [-0.3, -0.25) is 0 Å². The second-order valence-corrected chi connectivity index (χ2v) is 2.43. The van der Waals surface area contributed by atoms with Crippen LogP contribution in [0.25, 0.3) is 0 Å². The molecule has 0 unspecified atom stereocenters. The van der Waals surface area contributed by atoms with E-state index in [4.69, 9.17) is 5.11 Å². The van der Waals surface area contributed by atoms with Crippen LogP contribution < -0.4 is 0 Å². The van der Waals surface area contributed by atoms with E-state index in [9.17, 15) is 4.79 Å². The van der Waals surface area contributed by atoms with Crippen molar-refractivity contribution in [2.75, 3.05) is 0 Å². The fourth-order valence-electron chi connectivity index (χ4n) is 0.846. The molecule has 1 N–H and O–H groups in total. The number of aliphatic imine (C=N–C) groups is 1. The first-order valence-corrected chi connectivity index (χ1v) is 3.86. The summed E-state index contributed by atoms with van der Waals surface area (Å²) < 4.78 is 0. The maximum atomic E-state index is 10.7. The second kappa shape index (κ2) is 4.21. The van der Waals surface area contributed by atoms with Crippen molar-refractivity contribution < 1.29 is 9.90 Å². The Bertz CT molecular complexity index is 189. The number of hydrogen-bond acceptors (Lipinski definition) is 3. The van der Waals surface area contributed by atoms with Crippen LogP contribution in [0.1, 0.15) is 26.7 Å². The molecular weight excluding hydrogens is 162 g/mol. The summed E-state index contributed by atoms with van der Waals surface area (Å²) in [5.74, 6) is -0.931. The molecule has 0 bridgehead atoms. The second-order valence-electron chi connectivity index (χ2n) is 2.25. The minimum Gasteiger partial charge on any atom is -0.479 e. The molecule has 11 heavy (non-hydrogen) atoms. The largest absolute Gasteiger partial charge is 0.479 e. The van der Waals surface area contributed by atoms with Gasteiger partial charge in [0, 0.05) is 0 Å². The SMILES string of the molecule is CCC(CC)(N=C=S)C(=O)O. The van der Waals surface area contributed by atoms with Crippen LogP contribution in [0.15, 0.2) is 4.99 Å². The van der Waals surface area contributed by atoms with E-state index >= 15 is 0 Å². The lowest BCUT2D eigenvalue weighted by molar-refractivity contribution is -0.143. The predicted molar refractivity (Wildman–Crippen MR) is 46.0 cm³/mol. The highest BCUT2D eigenvalue weighted by atomic mass is 32.1. The van der Waals surface area contributed by atoms with Crippen LogP contribution in [-0.4, -0.2) is 21.8 Å². The molecular formula is C7H11NO2S. The van der Waals surface area contributed by atoms with Crippen molar-refractivity contribution in [3.8, 4) is 0 Å². The number of nitrogens with zero attached hydrogens (tertiary/aromatic N) is 1. The summed E-state index contributed by atoms with van der Waals surface area (Å²) in [6.45, 7) is 3.54. The molecule has 0 spiro atoms. The molecule has 0 radical (unpaired) electrons. The molecule has 62 valence electrons. The molecule has 0 aliphatic rings. The summed E-state index contributed by atoms with van der Waals surface area (Å²) in [6.07, 6.45) is 0.894. The monoisotopic (exact) mass is 173 g/mol. The molecule has 0 aromatic rings. The Labute approximate surface area is 71.1 Å². The Hall–Kier alpha value is -0.730. The topological polar surface area (TPSA) is 49.7 Å². The van der Waals surface area contributed by atoms with E-state index in [1.807, 2.05) is 0 Å². The predicted octanol–water partition coefficient (Wildman–Crippen LogP) is 1.73. The van der Waals surface area contributed by atoms with E-state index in [-0.39, 0.29) is 0 Å². The molecule has 0 saturated heterocycles. The lowest BCUT2D eigenvalue weighted by Gasteiger charge is -2.19. The fourth-order valence-corrected chi connectivity index (χ4v) is 1.02. The molecule has 0 saturated carbocycles. The van der Waals surface area contributed by atoms with E-state index in [1.54, 1.807) is 13.8 Å². The Morgan fingerprint density at radius 2 is 2.09 bits per heavy atom. The molecule has 0 amide bonds.